The first-order valence-electron chi connectivity index (χ1n) is 3.78. The maximum absolute atomic E-state index is 8.60. The summed E-state index contributed by atoms with van der Waals surface area (Å²) in [6, 6.07) is 7.97. The molecule has 0 aliphatic rings. The first-order valence-corrected chi connectivity index (χ1v) is 3.78. The van der Waals surface area contributed by atoms with Gasteiger partial charge in [0, 0.05) is 22.7 Å². The Kier molecular flexibility index (Phi) is 1.59. The van der Waals surface area contributed by atoms with Gasteiger partial charge in [0.1, 0.15) is 0 Å². The van der Waals surface area contributed by atoms with Crippen LogP contribution in [0.15, 0.2) is 36.7 Å². The second kappa shape index (κ2) is 2.74. The molecule has 0 amide bonds. The summed E-state index contributed by atoms with van der Waals surface area (Å²) in [5.74, 6) is 0. The summed E-state index contributed by atoms with van der Waals surface area (Å²) in [7, 11) is 0. The predicted molar refractivity (Wildman–Crippen MR) is 50.0 cm³/mol. The average Bonchev–Trinajstić information content (AvgIpc) is 2.50. The van der Waals surface area contributed by atoms with Crippen LogP contribution in [0.3, 0.4) is 0 Å². The van der Waals surface area contributed by atoms with Gasteiger partial charge in [0.2, 0.25) is 0 Å². The number of rotatable bonds is 1. The Morgan fingerprint density at radius 3 is 2.92 bits per heavy atom. The fourth-order valence-electron chi connectivity index (χ4n) is 1.31. The van der Waals surface area contributed by atoms with E-state index in [9.17, 15) is 0 Å². The number of benzene rings is 1. The molecule has 0 bridgehead atoms. The number of aromatic nitrogens is 1. The van der Waals surface area contributed by atoms with E-state index < -0.39 is 0 Å². The zero-order valence-corrected chi connectivity index (χ0v) is 6.49. The monoisotopic (exact) mass is 159 g/mol. The average molecular weight is 159 g/mol. The first kappa shape index (κ1) is 6.98. The van der Waals surface area contributed by atoms with Crippen LogP contribution in [0.4, 0.5) is 0 Å². The first-order chi connectivity index (χ1) is 5.92. The number of hydrogen-bond donors (Lipinski definition) is 2. The number of H-pyrrole nitrogens is 1. The van der Waals surface area contributed by atoms with Gasteiger partial charge in [-0.3, -0.25) is 0 Å². The molecule has 0 fully saturated rings. The van der Waals surface area contributed by atoms with Gasteiger partial charge in [-0.25, -0.2) is 0 Å². The molecule has 1 heterocycles. The lowest BCUT2D eigenvalue weighted by atomic mass is 10.2. The second-order valence-corrected chi connectivity index (χ2v) is 2.61. The minimum atomic E-state index is 1.01. The quantitative estimate of drug-likeness (QED) is 0.616. The molecule has 2 nitrogen and oxygen atoms in total. The molecule has 0 atom stereocenters. The molecule has 0 spiro atoms. The molecule has 12 heavy (non-hydrogen) atoms. The van der Waals surface area contributed by atoms with Crippen LogP contribution in [0, 0.1) is 0 Å². The van der Waals surface area contributed by atoms with Crippen LogP contribution >= 0.6 is 0 Å². The van der Waals surface area contributed by atoms with Crippen molar-refractivity contribution >= 4 is 17.0 Å². The molecule has 0 radical (unpaired) electrons. The molecule has 2 heteroatoms. The second-order valence-electron chi connectivity index (χ2n) is 2.61. The third-order valence-corrected chi connectivity index (χ3v) is 1.88. The Bertz CT molecular complexity index is 414. The SMILES string of the molecule is O/C=C/c1c[nH]c2ccccc12. The molecule has 1 aromatic carbocycles. The fraction of sp³-hybridized carbons (Fsp3) is 0. The van der Waals surface area contributed by atoms with Crippen LogP contribution in [0.5, 0.6) is 0 Å². The largest absolute Gasteiger partial charge is 0.516 e. The highest BCUT2D eigenvalue weighted by Crippen LogP contribution is 2.18. The highest BCUT2D eigenvalue weighted by atomic mass is 16.2. The van der Waals surface area contributed by atoms with Gasteiger partial charge in [-0.15, -0.1) is 0 Å². The van der Waals surface area contributed by atoms with Crippen molar-refractivity contribution in [2.45, 2.75) is 0 Å². The number of aliphatic hydroxyl groups excluding tert-OH is 1. The number of hydrogen-bond acceptors (Lipinski definition) is 1. The van der Waals surface area contributed by atoms with E-state index in [1.807, 2.05) is 30.5 Å². The van der Waals surface area contributed by atoms with Crippen molar-refractivity contribution in [3.63, 3.8) is 0 Å². The molecule has 2 rings (SSSR count). The summed E-state index contributed by atoms with van der Waals surface area (Å²) in [5.41, 5.74) is 2.10. The summed E-state index contributed by atoms with van der Waals surface area (Å²) < 4.78 is 0. The van der Waals surface area contributed by atoms with E-state index in [-0.39, 0.29) is 0 Å². The summed E-state index contributed by atoms with van der Waals surface area (Å²) in [6.45, 7) is 0. The molecule has 0 saturated heterocycles. The zero-order valence-electron chi connectivity index (χ0n) is 6.49. The molecule has 0 saturated carbocycles. The van der Waals surface area contributed by atoms with E-state index in [0.717, 1.165) is 22.7 Å². The Balaban J connectivity index is 2.70. The molecule has 0 unspecified atom stereocenters. The lowest BCUT2D eigenvalue weighted by Crippen LogP contribution is -1.66. The van der Waals surface area contributed by atoms with Crippen molar-refractivity contribution in [2.24, 2.45) is 0 Å². The normalized spacial score (nSPS) is 11.3. The van der Waals surface area contributed by atoms with E-state index in [0.29, 0.717) is 0 Å². The van der Waals surface area contributed by atoms with Gasteiger partial charge in [-0.2, -0.15) is 0 Å². The van der Waals surface area contributed by atoms with Crippen LogP contribution in [0.2, 0.25) is 0 Å². The molecule has 2 aromatic rings. The van der Waals surface area contributed by atoms with Crippen LogP contribution in [0.1, 0.15) is 5.56 Å². The third kappa shape index (κ3) is 0.975. The zero-order chi connectivity index (χ0) is 8.39. The molecule has 60 valence electrons. The molecular formula is C10H9NO. The van der Waals surface area contributed by atoms with E-state index in [4.69, 9.17) is 5.11 Å². The van der Waals surface area contributed by atoms with Gasteiger partial charge in [0.15, 0.2) is 0 Å². The topological polar surface area (TPSA) is 36.0 Å². The number of aromatic amines is 1. The third-order valence-electron chi connectivity index (χ3n) is 1.88. The maximum Gasteiger partial charge on any atom is 0.0798 e. The van der Waals surface area contributed by atoms with E-state index in [2.05, 4.69) is 4.98 Å². The van der Waals surface area contributed by atoms with Crippen molar-refractivity contribution in [1.29, 1.82) is 0 Å². The highest BCUT2D eigenvalue weighted by molar-refractivity contribution is 5.88. The number of nitrogens with one attached hydrogen (secondary N) is 1. The van der Waals surface area contributed by atoms with Crippen LogP contribution in [0.25, 0.3) is 17.0 Å². The van der Waals surface area contributed by atoms with Gasteiger partial charge in [0.05, 0.1) is 6.26 Å². The van der Waals surface area contributed by atoms with Gasteiger partial charge in [-0.05, 0) is 12.1 Å². The smallest absolute Gasteiger partial charge is 0.0798 e. The van der Waals surface area contributed by atoms with Gasteiger partial charge < -0.3 is 10.1 Å². The minimum absolute atomic E-state index is 1.01. The molecule has 0 aliphatic carbocycles. The van der Waals surface area contributed by atoms with Crippen LogP contribution in [-0.4, -0.2) is 10.1 Å². The number of fused-ring (bicyclic) bond motifs is 1. The van der Waals surface area contributed by atoms with Crippen molar-refractivity contribution in [1.82, 2.24) is 4.98 Å². The minimum Gasteiger partial charge on any atom is -0.516 e. The maximum atomic E-state index is 8.60. The summed E-state index contributed by atoms with van der Waals surface area (Å²) in [6.07, 6.45) is 4.59. The van der Waals surface area contributed by atoms with Crippen LogP contribution in [-0.2, 0) is 0 Å². The van der Waals surface area contributed by atoms with Crippen molar-refractivity contribution in [3.8, 4) is 0 Å². The Labute approximate surface area is 70.2 Å². The molecule has 2 N–H and O–H groups in total. The van der Waals surface area contributed by atoms with Gasteiger partial charge >= 0.3 is 0 Å². The van der Waals surface area contributed by atoms with Gasteiger partial charge in [-0.1, -0.05) is 18.2 Å². The van der Waals surface area contributed by atoms with Crippen molar-refractivity contribution < 1.29 is 5.11 Å². The number of aliphatic hydroxyl groups is 1. The van der Waals surface area contributed by atoms with Crippen LogP contribution < -0.4 is 0 Å². The summed E-state index contributed by atoms with van der Waals surface area (Å²) >= 11 is 0. The van der Waals surface area contributed by atoms with Crippen molar-refractivity contribution in [3.05, 3.63) is 42.3 Å². The molecule has 1 aromatic heterocycles. The lowest BCUT2D eigenvalue weighted by molar-refractivity contribution is 0.478. The standard InChI is InChI=1S/C10H9NO/c12-6-5-8-7-11-10-4-2-1-3-9(8)10/h1-7,11-12H/b6-5+. The number of para-hydroxylation sites is 1. The van der Waals surface area contributed by atoms with E-state index in [1.54, 1.807) is 6.08 Å². The Morgan fingerprint density at radius 2 is 2.08 bits per heavy atom. The van der Waals surface area contributed by atoms with Crippen molar-refractivity contribution in [2.75, 3.05) is 0 Å². The summed E-state index contributed by atoms with van der Waals surface area (Å²) in [5, 5.41) is 9.73. The van der Waals surface area contributed by atoms with Gasteiger partial charge in [0.25, 0.3) is 0 Å². The fourth-order valence-corrected chi connectivity index (χ4v) is 1.31. The molecule has 0 aliphatic heterocycles. The lowest BCUT2D eigenvalue weighted by Gasteiger charge is -1.88. The Morgan fingerprint density at radius 1 is 1.25 bits per heavy atom. The van der Waals surface area contributed by atoms with E-state index >= 15 is 0 Å². The predicted octanol–water partition coefficient (Wildman–Crippen LogP) is 2.70. The summed E-state index contributed by atoms with van der Waals surface area (Å²) in [4.78, 5) is 3.11. The Hall–Kier alpha value is -1.70. The van der Waals surface area contributed by atoms with E-state index in [1.165, 1.54) is 0 Å². The molecular weight excluding hydrogens is 150 g/mol. The highest BCUT2D eigenvalue weighted by Gasteiger charge is 1.97.